The number of hydrogen-bond donors (Lipinski definition) is 1. The number of carbonyl (C=O) groups is 1. The number of carbonyl (C=O) groups excluding carboxylic acids is 1. The molecular weight excluding hydrogens is 400 g/mol. The number of aromatic nitrogens is 4. The van der Waals surface area contributed by atoms with E-state index < -0.39 is 10.0 Å². The summed E-state index contributed by atoms with van der Waals surface area (Å²) in [6.07, 6.45) is 1.74. The molecule has 0 radical (unpaired) electrons. The first-order valence-corrected chi connectivity index (χ1v) is 11.1. The van der Waals surface area contributed by atoms with E-state index in [0.29, 0.717) is 24.6 Å². The first-order chi connectivity index (χ1) is 13.5. The maximum absolute atomic E-state index is 12.7. The van der Waals surface area contributed by atoms with Gasteiger partial charge in [-0.15, -0.1) is 21.5 Å². The molecule has 146 valence electrons. The zero-order valence-corrected chi connectivity index (χ0v) is 16.5. The molecule has 0 atom stereocenters. The minimum Gasteiger partial charge on any atom is -0.324 e. The molecule has 1 fully saturated rings. The Kier molecular flexibility index (Phi) is 5.20. The fraction of sp³-hybridized carbons (Fsp3) is 0.294. The second-order valence-corrected chi connectivity index (χ2v) is 9.19. The molecule has 1 aromatic carbocycles. The minimum absolute atomic E-state index is 0.124. The van der Waals surface area contributed by atoms with Gasteiger partial charge in [0.05, 0.1) is 9.77 Å². The normalized spacial score (nSPS) is 15.0. The van der Waals surface area contributed by atoms with Gasteiger partial charge in [0.15, 0.2) is 0 Å². The van der Waals surface area contributed by atoms with Crippen LogP contribution in [-0.4, -0.2) is 51.9 Å². The van der Waals surface area contributed by atoms with E-state index in [2.05, 4.69) is 20.7 Å². The summed E-state index contributed by atoms with van der Waals surface area (Å²) in [6, 6.07) is 10.0. The lowest BCUT2D eigenvalue weighted by Crippen LogP contribution is -2.28. The van der Waals surface area contributed by atoms with Crippen molar-refractivity contribution in [2.45, 2.75) is 24.3 Å². The number of nitrogens with zero attached hydrogens (tertiary/aromatic N) is 5. The first-order valence-electron chi connectivity index (χ1n) is 8.74. The third-order valence-electron chi connectivity index (χ3n) is 4.30. The van der Waals surface area contributed by atoms with Crippen LogP contribution in [0.5, 0.6) is 0 Å². The average Bonchev–Trinajstić information content (AvgIpc) is 3.43. The molecule has 4 rings (SSSR count). The van der Waals surface area contributed by atoms with Crippen LogP contribution in [0, 0.1) is 0 Å². The van der Waals surface area contributed by atoms with E-state index in [4.69, 9.17) is 0 Å². The smallest absolute Gasteiger partial charge is 0.248 e. The molecule has 1 aliphatic heterocycles. The lowest BCUT2D eigenvalue weighted by Gasteiger charge is -2.16. The van der Waals surface area contributed by atoms with Crippen LogP contribution in [-0.2, 0) is 21.4 Å². The Balaban J connectivity index is 1.44. The second kappa shape index (κ2) is 7.78. The highest BCUT2D eigenvalue weighted by Gasteiger charge is 2.27. The molecule has 9 nitrogen and oxygen atoms in total. The van der Waals surface area contributed by atoms with Crippen molar-refractivity contribution in [3.05, 3.63) is 41.8 Å². The maximum Gasteiger partial charge on any atom is 0.248 e. The van der Waals surface area contributed by atoms with Crippen molar-refractivity contribution in [2.24, 2.45) is 0 Å². The van der Waals surface area contributed by atoms with Gasteiger partial charge in [0, 0.05) is 18.8 Å². The number of sulfonamides is 1. The number of thiophene rings is 1. The summed E-state index contributed by atoms with van der Waals surface area (Å²) < 4.78 is 26.8. The number of amides is 1. The van der Waals surface area contributed by atoms with Crippen LogP contribution in [0.2, 0.25) is 0 Å². The number of tetrazole rings is 1. The Labute approximate surface area is 166 Å². The summed E-state index contributed by atoms with van der Waals surface area (Å²) in [5.41, 5.74) is 0.406. The number of anilines is 1. The standard InChI is InChI=1S/C17H18N6O3S2/c24-16(12-23-20-17(19-21-23)15-7-4-10-27-15)18-13-5-3-6-14(11-13)28(25,26)22-8-1-2-9-22/h3-7,10-11H,1-2,8-9,12H2,(H,18,24). The molecule has 1 aliphatic rings. The third-order valence-corrected chi connectivity index (χ3v) is 7.06. The van der Waals surface area contributed by atoms with Crippen molar-refractivity contribution in [2.75, 3.05) is 18.4 Å². The SMILES string of the molecule is O=C(Cn1nnc(-c2cccs2)n1)Nc1cccc(S(=O)(=O)N2CCCC2)c1. The summed E-state index contributed by atoms with van der Waals surface area (Å²) in [5, 5.41) is 16.6. The molecule has 2 aromatic heterocycles. The van der Waals surface area contributed by atoms with Crippen LogP contribution in [0.3, 0.4) is 0 Å². The fourth-order valence-electron chi connectivity index (χ4n) is 2.96. The van der Waals surface area contributed by atoms with E-state index in [-0.39, 0.29) is 17.3 Å². The molecule has 0 bridgehead atoms. The van der Waals surface area contributed by atoms with Crippen molar-refractivity contribution in [1.82, 2.24) is 24.5 Å². The molecule has 3 heterocycles. The molecule has 0 unspecified atom stereocenters. The molecule has 0 spiro atoms. The summed E-state index contributed by atoms with van der Waals surface area (Å²) in [5.74, 6) is 0.0901. The van der Waals surface area contributed by atoms with E-state index in [1.54, 1.807) is 12.1 Å². The summed E-state index contributed by atoms with van der Waals surface area (Å²) >= 11 is 1.49. The van der Waals surface area contributed by atoms with Crippen molar-refractivity contribution in [3.8, 4) is 10.7 Å². The van der Waals surface area contributed by atoms with Crippen LogP contribution in [0.1, 0.15) is 12.8 Å². The van der Waals surface area contributed by atoms with E-state index in [1.165, 1.54) is 32.6 Å². The summed E-state index contributed by atoms with van der Waals surface area (Å²) in [4.78, 5) is 14.5. The molecule has 28 heavy (non-hydrogen) atoms. The van der Waals surface area contributed by atoms with E-state index >= 15 is 0 Å². The fourth-order valence-corrected chi connectivity index (χ4v) is 5.17. The predicted octanol–water partition coefficient (Wildman–Crippen LogP) is 1.82. The van der Waals surface area contributed by atoms with Crippen LogP contribution in [0.15, 0.2) is 46.7 Å². The number of hydrogen-bond acceptors (Lipinski definition) is 7. The third kappa shape index (κ3) is 3.96. The minimum atomic E-state index is -3.53. The van der Waals surface area contributed by atoms with Crippen LogP contribution in [0.4, 0.5) is 5.69 Å². The topological polar surface area (TPSA) is 110 Å². The van der Waals surface area contributed by atoms with E-state index in [0.717, 1.165) is 17.7 Å². The van der Waals surface area contributed by atoms with Crippen molar-refractivity contribution < 1.29 is 13.2 Å². The zero-order chi connectivity index (χ0) is 19.6. The Bertz CT molecular complexity index is 1070. The van der Waals surface area contributed by atoms with Gasteiger partial charge in [-0.3, -0.25) is 4.79 Å². The van der Waals surface area contributed by atoms with Crippen molar-refractivity contribution >= 4 is 33.0 Å². The van der Waals surface area contributed by atoms with Gasteiger partial charge in [0.1, 0.15) is 6.54 Å². The highest BCUT2D eigenvalue weighted by Crippen LogP contribution is 2.23. The molecule has 3 aromatic rings. The largest absolute Gasteiger partial charge is 0.324 e. The Morgan fingerprint density at radius 1 is 1.18 bits per heavy atom. The molecule has 0 aliphatic carbocycles. The summed E-state index contributed by atoms with van der Waals surface area (Å²) in [7, 11) is -3.53. The van der Waals surface area contributed by atoms with Crippen LogP contribution >= 0.6 is 11.3 Å². The Morgan fingerprint density at radius 2 is 2.00 bits per heavy atom. The van der Waals surface area contributed by atoms with E-state index in [9.17, 15) is 13.2 Å². The lowest BCUT2D eigenvalue weighted by molar-refractivity contribution is -0.117. The van der Waals surface area contributed by atoms with Crippen molar-refractivity contribution in [3.63, 3.8) is 0 Å². The molecule has 0 saturated carbocycles. The quantitative estimate of drug-likeness (QED) is 0.654. The van der Waals surface area contributed by atoms with Gasteiger partial charge in [-0.05, 0) is 47.7 Å². The lowest BCUT2D eigenvalue weighted by atomic mass is 10.3. The van der Waals surface area contributed by atoms with Crippen LogP contribution < -0.4 is 5.32 Å². The zero-order valence-electron chi connectivity index (χ0n) is 14.9. The monoisotopic (exact) mass is 418 g/mol. The van der Waals surface area contributed by atoms with Gasteiger partial charge in [0.2, 0.25) is 21.8 Å². The number of benzene rings is 1. The Morgan fingerprint density at radius 3 is 2.75 bits per heavy atom. The van der Waals surface area contributed by atoms with E-state index in [1.807, 2.05) is 17.5 Å². The van der Waals surface area contributed by atoms with Gasteiger partial charge in [-0.1, -0.05) is 12.1 Å². The average molecular weight is 419 g/mol. The van der Waals surface area contributed by atoms with Crippen LogP contribution in [0.25, 0.3) is 10.7 Å². The van der Waals surface area contributed by atoms with Gasteiger partial charge in [-0.2, -0.15) is 9.10 Å². The molecule has 1 N–H and O–H groups in total. The van der Waals surface area contributed by atoms with Crippen molar-refractivity contribution in [1.29, 1.82) is 0 Å². The molecule has 1 amide bonds. The first kappa shape index (κ1) is 18.7. The van der Waals surface area contributed by atoms with Gasteiger partial charge in [-0.25, -0.2) is 8.42 Å². The van der Waals surface area contributed by atoms with Gasteiger partial charge < -0.3 is 5.32 Å². The number of rotatable bonds is 6. The maximum atomic E-state index is 12.7. The number of nitrogens with one attached hydrogen (secondary N) is 1. The predicted molar refractivity (Wildman–Crippen MR) is 104 cm³/mol. The van der Waals surface area contributed by atoms with Gasteiger partial charge >= 0.3 is 0 Å². The van der Waals surface area contributed by atoms with Gasteiger partial charge in [0.25, 0.3) is 0 Å². The highest BCUT2D eigenvalue weighted by molar-refractivity contribution is 7.89. The highest BCUT2D eigenvalue weighted by atomic mass is 32.2. The molecule has 1 saturated heterocycles. The summed E-state index contributed by atoms with van der Waals surface area (Å²) in [6.45, 7) is 0.939. The Hall–Kier alpha value is -2.63. The molecule has 11 heteroatoms. The second-order valence-electron chi connectivity index (χ2n) is 6.31. The molecular formula is C17H18N6O3S2.